The number of benzene rings is 4. The lowest BCUT2D eigenvalue weighted by Gasteiger charge is -2.25. The molecule has 220 valence electrons. The van der Waals surface area contributed by atoms with Gasteiger partial charge in [0.05, 0.1) is 28.5 Å². The van der Waals surface area contributed by atoms with Gasteiger partial charge in [-0.2, -0.15) is 0 Å². The molecule has 4 aromatic carbocycles. The van der Waals surface area contributed by atoms with Crippen molar-refractivity contribution in [2.75, 3.05) is 6.61 Å². The molecule has 44 heavy (non-hydrogen) atoms. The summed E-state index contributed by atoms with van der Waals surface area (Å²) in [5.74, 6) is -0.456. The van der Waals surface area contributed by atoms with Crippen LogP contribution in [0.4, 0.5) is 4.39 Å². The van der Waals surface area contributed by atoms with Crippen LogP contribution in [0.2, 0.25) is 5.02 Å². The monoisotopic (exact) mass is 624 g/mol. The molecule has 0 spiro atoms. The van der Waals surface area contributed by atoms with Crippen LogP contribution < -0.4 is 19.6 Å². The minimum atomic E-state index is -0.894. The summed E-state index contributed by atoms with van der Waals surface area (Å²) >= 11 is 7.52. The van der Waals surface area contributed by atoms with Gasteiger partial charge in [-0.1, -0.05) is 102 Å². The predicted octanol–water partition coefficient (Wildman–Crippen LogP) is 6.31. The van der Waals surface area contributed by atoms with E-state index < -0.39 is 17.8 Å². The van der Waals surface area contributed by atoms with E-state index in [2.05, 4.69) is 0 Å². The maximum Gasteiger partial charge on any atom is 0.338 e. The first-order valence-electron chi connectivity index (χ1n) is 13.9. The molecule has 0 saturated carbocycles. The SMILES string of the molecule is CCOC(=O)C1=C(c2ccccc2)N=c2s/c(=C/c3ccccc3OCc3ccccc3Cl)c(=O)n2[C@H]1c1ccc(F)cc1. The lowest BCUT2D eigenvalue weighted by atomic mass is 9.93. The average molecular weight is 625 g/mol. The number of aromatic nitrogens is 1. The third kappa shape index (κ3) is 5.86. The van der Waals surface area contributed by atoms with E-state index in [1.165, 1.54) is 28.0 Å². The van der Waals surface area contributed by atoms with E-state index in [1.54, 1.807) is 31.2 Å². The summed E-state index contributed by atoms with van der Waals surface area (Å²) in [5, 5.41) is 0.603. The summed E-state index contributed by atoms with van der Waals surface area (Å²) in [6.45, 7) is 2.10. The highest BCUT2D eigenvalue weighted by Crippen LogP contribution is 2.35. The van der Waals surface area contributed by atoms with Crippen molar-refractivity contribution in [3.63, 3.8) is 0 Å². The molecule has 0 fully saturated rings. The maximum atomic E-state index is 14.1. The molecule has 9 heteroatoms. The summed E-state index contributed by atoms with van der Waals surface area (Å²) in [5.41, 5.74) is 3.02. The molecule has 0 aliphatic carbocycles. The molecule has 1 aliphatic heterocycles. The van der Waals surface area contributed by atoms with Gasteiger partial charge in [0.2, 0.25) is 0 Å². The van der Waals surface area contributed by atoms with Crippen LogP contribution in [0.25, 0.3) is 11.8 Å². The van der Waals surface area contributed by atoms with E-state index in [0.717, 1.165) is 5.56 Å². The van der Waals surface area contributed by atoms with Gasteiger partial charge in [0.15, 0.2) is 4.80 Å². The standard InChI is InChI=1S/C35H26ClFN2O4S/c1-2-42-34(41)30-31(22-10-4-3-5-11-22)38-35-39(32(30)23-16-18-26(37)19-17-23)33(40)29(44-35)20-24-12-7-9-15-28(24)43-21-25-13-6-8-14-27(25)36/h3-20,32H,2,21H2,1H3/b29-20+/t32-/m0/s1. The molecule has 2 heterocycles. The second-order valence-corrected chi connectivity index (χ2v) is 11.3. The van der Waals surface area contributed by atoms with Crippen LogP contribution in [0, 0.1) is 5.82 Å². The Morgan fingerprint density at radius 2 is 1.68 bits per heavy atom. The number of ether oxygens (including phenoxy) is 2. The molecule has 0 saturated heterocycles. The van der Waals surface area contributed by atoms with Crippen molar-refractivity contribution < 1.29 is 18.7 Å². The molecule has 6 rings (SSSR count). The minimum absolute atomic E-state index is 0.135. The number of nitrogens with zero attached hydrogens (tertiary/aromatic N) is 2. The molecule has 0 radical (unpaired) electrons. The van der Waals surface area contributed by atoms with Gasteiger partial charge >= 0.3 is 5.97 Å². The number of hydrogen-bond donors (Lipinski definition) is 0. The molecule has 5 aromatic rings. The van der Waals surface area contributed by atoms with E-state index in [1.807, 2.05) is 72.8 Å². The highest BCUT2D eigenvalue weighted by atomic mass is 35.5. The summed E-state index contributed by atoms with van der Waals surface area (Å²) in [6, 6.07) is 29.0. The molecule has 1 atom stereocenters. The topological polar surface area (TPSA) is 69.9 Å². The molecular weight excluding hydrogens is 599 g/mol. The van der Waals surface area contributed by atoms with Gasteiger partial charge in [-0.3, -0.25) is 9.36 Å². The summed E-state index contributed by atoms with van der Waals surface area (Å²) in [4.78, 5) is 32.9. The minimum Gasteiger partial charge on any atom is -0.488 e. The van der Waals surface area contributed by atoms with E-state index in [4.69, 9.17) is 26.1 Å². The largest absolute Gasteiger partial charge is 0.488 e. The van der Waals surface area contributed by atoms with Gasteiger partial charge in [-0.05, 0) is 42.8 Å². The quantitative estimate of drug-likeness (QED) is 0.190. The number of para-hydroxylation sites is 1. The fourth-order valence-electron chi connectivity index (χ4n) is 5.04. The fraction of sp³-hybridized carbons (Fsp3) is 0.114. The van der Waals surface area contributed by atoms with Gasteiger partial charge < -0.3 is 9.47 Å². The zero-order valence-corrected chi connectivity index (χ0v) is 25.1. The lowest BCUT2D eigenvalue weighted by Crippen LogP contribution is -2.40. The maximum absolute atomic E-state index is 14.1. The number of carbonyl (C=O) groups is 1. The first-order chi connectivity index (χ1) is 21.4. The lowest BCUT2D eigenvalue weighted by molar-refractivity contribution is -0.138. The Bertz CT molecular complexity index is 2050. The predicted molar refractivity (Wildman–Crippen MR) is 170 cm³/mol. The molecule has 0 unspecified atom stereocenters. The average Bonchev–Trinajstić information content (AvgIpc) is 3.35. The Morgan fingerprint density at radius 3 is 2.43 bits per heavy atom. The van der Waals surface area contributed by atoms with Crippen LogP contribution in [-0.4, -0.2) is 17.1 Å². The van der Waals surface area contributed by atoms with Crippen LogP contribution in [0.3, 0.4) is 0 Å². The second kappa shape index (κ2) is 12.8. The van der Waals surface area contributed by atoms with Crippen molar-refractivity contribution in [3.8, 4) is 5.75 Å². The molecule has 0 bridgehead atoms. The smallest absolute Gasteiger partial charge is 0.338 e. The van der Waals surface area contributed by atoms with E-state index in [-0.39, 0.29) is 24.3 Å². The van der Waals surface area contributed by atoms with E-state index in [9.17, 15) is 14.0 Å². The number of fused-ring (bicyclic) bond motifs is 1. The third-order valence-electron chi connectivity index (χ3n) is 7.11. The van der Waals surface area contributed by atoms with Gasteiger partial charge in [-0.25, -0.2) is 14.2 Å². The zero-order valence-electron chi connectivity index (χ0n) is 23.6. The number of rotatable bonds is 8. The number of esters is 1. The van der Waals surface area contributed by atoms with Crippen molar-refractivity contribution in [2.24, 2.45) is 4.99 Å². The zero-order chi connectivity index (χ0) is 30.6. The number of carbonyl (C=O) groups excluding carboxylic acids is 1. The van der Waals surface area contributed by atoms with Gasteiger partial charge in [0.1, 0.15) is 18.2 Å². The summed E-state index contributed by atoms with van der Waals surface area (Å²) in [6.07, 6.45) is 1.75. The Labute approximate surface area is 261 Å². The van der Waals surface area contributed by atoms with Crippen LogP contribution in [-0.2, 0) is 16.1 Å². The Kier molecular flexibility index (Phi) is 8.54. The van der Waals surface area contributed by atoms with Gasteiger partial charge in [0, 0.05) is 21.7 Å². The first kappa shape index (κ1) is 29.3. The summed E-state index contributed by atoms with van der Waals surface area (Å²) in [7, 11) is 0. The van der Waals surface area contributed by atoms with Crippen LogP contribution in [0.5, 0.6) is 5.75 Å². The number of hydrogen-bond acceptors (Lipinski definition) is 6. The van der Waals surface area contributed by atoms with Gasteiger partial charge in [-0.15, -0.1) is 0 Å². The van der Waals surface area contributed by atoms with Crippen LogP contribution in [0.15, 0.2) is 118 Å². The van der Waals surface area contributed by atoms with E-state index in [0.29, 0.717) is 42.5 Å². The van der Waals surface area contributed by atoms with Crippen molar-refractivity contribution in [1.29, 1.82) is 0 Å². The van der Waals surface area contributed by atoms with Crippen molar-refractivity contribution >= 4 is 40.7 Å². The highest BCUT2D eigenvalue weighted by Gasteiger charge is 2.35. The molecular formula is C35H26ClFN2O4S. The van der Waals surface area contributed by atoms with E-state index >= 15 is 0 Å². The van der Waals surface area contributed by atoms with Crippen molar-refractivity contribution in [3.05, 3.63) is 161 Å². The van der Waals surface area contributed by atoms with Crippen molar-refractivity contribution in [2.45, 2.75) is 19.6 Å². The number of halogens is 2. The highest BCUT2D eigenvalue weighted by molar-refractivity contribution is 7.07. The first-order valence-corrected chi connectivity index (χ1v) is 15.1. The molecule has 1 aliphatic rings. The summed E-state index contributed by atoms with van der Waals surface area (Å²) < 4.78 is 27.5. The van der Waals surface area contributed by atoms with Crippen LogP contribution in [0.1, 0.15) is 35.2 Å². The Hall–Kier alpha value is -4.79. The second-order valence-electron chi connectivity index (χ2n) is 9.90. The normalized spacial score (nSPS) is 14.6. The Morgan fingerprint density at radius 1 is 0.977 bits per heavy atom. The molecule has 6 nitrogen and oxygen atoms in total. The molecule has 0 N–H and O–H groups in total. The van der Waals surface area contributed by atoms with Crippen molar-refractivity contribution in [1.82, 2.24) is 4.57 Å². The fourth-order valence-corrected chi connectivity index (χ4v) is 6.23. The van der Waals surface area contributed by atoms with Gasteiger partial charge in [0.25, 0.3) is 5.56 Å². The van der Waals surface area contributed by atoms with Crippen LogP contribution >= 0.6 is 22.9 Å². The third-order valence-corrected chi connectivity index (χ3v) is 8.46. The Balaban J connectivity index is 1.52. The molecule has 0 amide bonds. The molecule has 1 aromatic heterocycles. The number of thiazole rings is 1.